The van der Waals surface area contributed by atoms with Crippen molar-refractivity contribution in [1.29, 1.82) is 5.41 Å². The van der Waals surface area contributed by atoms with Gasteiger partial charge >= 0.3 is 0 Å². The van der Waals surface area contributed by atoms with E-state index in [0.717, 1.165) is 22.0 Å². The van der Waals surface area contributed by atoms with Crippen molar-refractivity contribution in [2.75, 3.05) is 0 Å². The molecule has 3 nitrogen and oxygen atoms in total. The van der Waals surface area contributed by atoms with Gasteiger partial charge in [-0.1, -0.05) is 12.1 Å². The zero-order chi connectivity index (χ0) is 7.42. The van der Waals surface area contributed by atoms with Crippen molar-refractivity contribution in [2.45, 2.75) is 0 Å². The van der Waals surface area contributed by atoms with Gasteiger partial charge in [-0.25, -0.2) is 4.99 Å². The first kappa shape index (κ1) is 5.07. The van der Waals surface area contributed by atoms with Gasteiger partial charge in [0.15, 0.2) is 5.84 Å². The summed E-state index contributed by atoms with van der Waals surface area (Å²) in [5.41, 5.74) is 2.82. The van der Waals surface area contributed by atoms with Crippen molar-refractivity contribution in [3.8, 4) is 0 Å². The highest BCUT2D eigenvalue weighted by Gasteiger charge is 2.17. The number of nitrogens with one attached hydrogen (secondary N) is 2. The third-order valence-electron chi connectivity index (χ3n) is 2.03. The Kier molecular flexibility index (Phi) is 0.619. The largest absolute Gasteiger partial charge is 0.339 e. The molecule has 0 radical (unpaired) electrons. The van der Waals surface area contributed by atoms with E-state index in [1.807, 2.05) is 18.2 Å². The minimum atomic E-state index is 0.393. The number of amidine groups is 1. The summed E-state index contributed by atoms with van der Waals surface area (Å²) in [6.45, 7) is 0. The van der Waals surface area contributed by atoms with Gasteiger partial charge in [0.25, 0.3) is 0 Å². The van der Waals surface area contributed by atoms with Crippen LogP contribution in [0, 0.1) is 5.41 Å². The van der Waals surface area contributed by atoms with E-state index in [9.17, 15) is 0 Å². The zero-order valence-corrected chi connectivity index (χ0v) is 5.68. The zero-order valence-electron chi connectivity index (χ0n) is 5.68. The predicted octanol–water partition coefficient (Wildman–Crippen LogP) is 0.845. The van der Waals surface area contributed by atoms with E-state index in [-0.39, 0.29) is 0 Å². The first-order valence-electron chi connectivity index (χ1n) is 3.44. The van der Waals surface area contributed by atoms with Gasteiger partial charge in [0, 0.05) is 5.39 Å². The van der Waals surface area contributed by atoms with E-state index in [1.165, 1.54) is 0 Å². The molecule has 2 N–H and O–H groups in total. The first-order valence-corrected chi connectivity index (χ1v) is 3.44. The topological polar surface area (TPSA) is 52.0 Å². The molecule has 0 spiro atoms. The molecule has 3 rings (SSSR count). The average Bonchev–Trinajstić information content (AvgIpc) is 2.40. The highest BCUT2D eigenvalue weighted by molar-refractivity contribution is 6.13. The van der Waals surface area contributed by atoms with Crippen LogP contribution >= 0.6 is 0 Å². The summed E-state index contributed by atoms with van der Waals surface area (Å²) in [4.78, 5) is 7.14. The Morgan fingerprint density at radius 1 is 1.36 bits per heavy atom. The summed E-state index contributed by atoms with van der Waals surface area (Å²) in [5, 5.41) is 8.55. The van der Waals surface area contributed by atoms with Crippen LogP contribution in [0.25, 0.3) is 10.9 Å². The molecule has 0 fully saturated rings. The number of rotatable bonds is 0. The molecule has 0 saturated heterocycles. The van der Waals surface area contributed by atoms with Crippen molar-refractivity contribution in [2.24, 2.45) is 4.99 Å². The van der Waals surface area contributed by atoms with Crippen molar-refractivity contribution in [1.82, 2.24) is 4.98 Å². The fourth-order valence-corrected chi connectivity index (χ4v) is 1.56. The van der Waals surface area contributed by atoms with Crippen molar-refractivity contribution >= 4 is 16.7 Å². The maximum atomic E-state index is 7.47. The maximum Gasteiger partial charge on any atom is 0.157 e. The third kappa shape index (κ3) is 0.420. The standard InChI is InChI=1S/C8H5N3/c9-7-6-4-2-1-3-5(6)10-8(4)11-7/h1-3H,(H2,9,10,11). The van der Waals surface area contributed by atoms with Crippen molar-refractivity contribution < 1.29 is 0 Å². The Hall–Kier alpha value is -1.64. The summed E-state index contributed by atoms with van der Waals surface area (Å²) >= 11 is 0. The molecular formula is C8H5N3. The minimum Gasteiger partial charge on any atom is -0.339 e. The summed E-state index contributed by atoms with van der Waals surface area (Å²) < 4.78 is 0. The van der Waals surface area contributed by atoms with Gasteiger partial charge in [0.05, 0.1) is 11.1 Å². The second-order valence-corrected chi connectivity index (χ2v) is 2.66. The number of hydrogen-bond acceptors (Lipinski definition) is 1. The Morgan fingerprint density at radius 2 is 2.27 bits per heavy atom. The normalized spacial score (nSPS) is 14.4. The second kappa shape index (κ2) is 1.34. The van der Waals surface area contributed by atoms with E-state index < -0.39 is 0 Å². The van der Waals surface area contributed by atoms with Gasteiger partial charge in [0.2, 0.25) is 0 Å². The second-order valence-electron chi connectivity index (χ2n) is 2.66. The average molecular weight is 143 g/mol. The minimum absolute atomic E-state index is 0.393. The maximum absolute atomic E-state index is 7.47. The Balaban J connectivity index is 2.80. The van der Waals surface area contributed by atoms with Crippen molar-refractivity contribution in [3.05, 3.63) is 29.3 Å². The predicted molar refractivity (Wildman–Crippen MR) is 41.9 cm³/mol. The molecule has 0 atom stereocenters. The number of aromatic nitrogens is 1. The molecular weight excluding hydrogens is 138 g/mol. The number of nitrogens with zero attached hydrogens (tertiary/aromatic N) is 1. The SMILES string of the molecule is N=C1N=c2[nH]c3cccc2c31. The molecule has 1 aliphatic rings. The van der Waals surface area contributed by atoms with Gasteiger partial charge in [-0.3, -0.25) is 5.41 Å². The van der Waals surface area contributed by atoms with Crippen LogP contribution in [0.15, 0.2) is 23.2 Å². The van der Waals surface area contributed by atoms with Crippen LogP contribution in [-0.4, -0.2) is 10.8 Å². The van der Waals surface area contributed by atoms with E-state index >= 15 is 0 Å². The van der Waals surface area contributed by atoms with Crippen molar-refractivity contribution in [3.63, 3.8) is 0 Å². The first-order chi connectivity index (χ1) is 5.36. The fraction of sp³-hybridized carbons (Fsp3) is 0. The lowest BCUT2D eigenvalue weighted by Crippen LogP contribution is -2.02. The molecule has 3 heteroatoms. The van der Waals surface area contributed by atoms with Crippen LogP contribution in [0.4, 0.5) is 0 Å². The van der Waals surface area contributed by atoms with Gasteiger partial charge in [-0.05, 0) is 6.07 Å². The molecule has 2 heterocycles. The number of H-pyrrole nitrogens is 1. The smallest absolute Gasteiger partial charge is 0.157 e. The molecule has 1 aromatic carbocycles. The van der Waals surface area contributed by atoms with Crippen LogP contribution in [0.3, 0.4) is 0 Å². The van der Waals surface area contributed by atoms with E-state index in [4.69, 9.17) is 5.41 Å². The van der Waals surface area contributed by atoms with Gasteiger partial charge < -0.3 is 4.98 Å². The third-order valence-corrected chi connectivity index (χ3v) is 2.03. The molecule has 52 valence electrons. The van der Waals surface area contributed by atoms with Crippen LogP contribution in [0.1, 0.15) is 5.56 Å². The lowest BCUT2D eigenvalue weighted by atomic mass is 10.1. The molecule has 0 saturated carbocycles. The Morgan fingerprint density at radius 3 is 3.00 bits per heavy atom. The lowest BCUT2D eigenvalue weighted by Gasteiger charge is -1.94. The summed E-state index contributed by atoms with van der Waals surface area (Å²) in [7, 11) is 0. The summed E-state index contributed by atoms with van der Waals surface area (Å²) in [6.07, 6.45) is 0. The van der Waals surface area contributed by atoms with Gasteiger partial charge in [0.1, 0.15) is 5.49 Å². The molecule has 11 heavy (non-hydrogen) atoms. The lowest BCUT2D eigenvalue weighted by molar-refractivity contribution is 1.25. The fourth-order valence-electron chi connectivity index (χ4n) is 1.56. The molecule has 4 bridgehead atoms. The molecule has 0 unspecified atom stereocenters. The highest BCUT2D eigenvalue weighted by Crippen LogP contribution is 2.19. The summed E-state index contributed by atoms with van der Waals surface area (Å²) in [6, 6.07) is 5.93. The molecule has 0 amide bonds. The van der Waals surface area contributed by atoms with Crippen LogP contribution < -0.4 is 5.49 Å². The van der Waals surface area contributed by atoms with Crippen LogP contribution in [0.2, 0.25) is 0 Å². The monoisotopic (exact) mass is 143 g/mol. The number of benzene rings is 1. The molecule has 1 aliphatic heterocycles. The Bertz CT molecular complexity index is 507. The summed E-state index contributed by atoms with van der Waals surface area (Å²) in [5.74, 6) is 0.393. The van der Waals surface area contributed by atoms with Crippen LogP contribution in [0.5, 0.6) is 0 Å². The quantitative estimate of drug-likeness (QED) is 0.549. The molecule has 0 aliphatic carbocycles. The number of aromatic amines is 1. The van der Waals surface area contributed by atoms with E-state index in [2.05, 4.69) is 9.98 Å². The van der Waals surface area contributed by atoms with Crippen LogP contribution in [-0.2, 0) is 0 Å². The highest BCUT2D eigenvalue weighted by atomic mass is 15.0. The van der Waals surface area contributed by atoms with Gasteiger partial charge in [-0.15, -0.1) is 0 Å². The molecule has 2 aromatic rings. The van der Waals surface area contributed by atoms with Gasteiger partial charge in [-0.2, -0.15) is 0 Å². The number of hydrogen-bond donors (Lipinski definition) is 2. The van der Waals surface area contributed by atoms with E-state index in [1.54, 1.807) is 0 Å². The van der Waals surface area contributed by atoms with E-state index in [0.29, 0.717) is 5.84 Å². The Labute approximate surface area is 62.3 Å². The molecule has 1 aromatic heterocycles.